The first-order valence-corrected chi connectivity index (χ1v) is 5.90. The first-order chi connectivity index (χ1) is 9.77. The third-order valence-corrected chi connectivity index (χ3v) is 2.72. The second kappa shape index (κ2) is 5.50. The van der Waals surface area contributed by atoms with E-state index >= 15 is 0 Å². The number of aromatic amines is 1. The predicted octanol–water partition coefficient (Wildman–Crippen LogP) is 0.301. The zero-order valence-electron chi connectivity index (χ0n) is 10.5. The molecule has 0 radical (unpaired) electrons. The Morgan fingerprint density at radius 2 is 1.90 bits per heavy atom. The van der Waals surface area contributed by atoms with E-state index in [1.165, 1.54) is 0 Å². The summed E-state index contributed by atoms with van der Waals surface area (Å²) in [6, 6.07) is 0. The van der Waals surface area contributed by atoms with E-state index in [9.17, 15) is 27.6 Å². The number of likely N-dealkylation sites (tertiary alicyclic amines) is 1. The number of rotatable bonds is 4. The normalized spacial score (nSPS) is 15.7. The monoisotopic (exact) mass is 305 g/mol. The van der Waals surface area contributed by atoms with Gasteiger partial charge in [-0.15, -0.1) is 5.10 Å². The third-order valence-electron chi connectivity index (χ3n) is 2.72. The van der Waals surface area contributed by atoms with Gasteiger partial charge in [0.25, 0.3) is 0 Å². The Balaban J connectivity index is 1.86. The molecule has 0 saturated carbocycles. The van der Waals surface area contributed by atoms with E-state index in [4.69, 9.17) is 0 Å². The molecule has 1 fully saturated rings. The van der Waals surface area contributed by atoms with Gasteiger partial charge >= 0.3 is 6.18 Å². The van der Waals surface area contributed by atoms with Crippen molar-refractivity contribution in [2.75, 3.05) is 11.9 Å². The number of halogens is 3. The van der Waals surface area contributed by atoms with Gasteiger partial charge in [0.2, 0.25) is 29.5 Å². The number of hydrogen-bond acceptors (Lipinski definition) is 5. The number of nitrogens with one attached hydrogen (secondary N) is 2. The highest BCUT2D eigenvalue weighted by molar-refractivity contribution is 6.02. The van der Waals surface area contributed by atoms with Gasteiger partial charge in [-0.05, 0) is 0 Å². The van der Waals surface area contributed by atoms with Crippen molar-refractivity contribution in [1.82, 2.24) is 20.1 Å². The molecule has 1 aromatic heterocycles. The van der Waals surface area contributed by atoms with Gasteiger partial charge in [-0.3, -0.25) is 29.7 Å². The Morgan fingerprint density at radius 3 is 2.43 bits per heavy atom. The molecule has 21 heavy (non-hydrogen) atoms. The van der Waals surface area contributed by atoms with Crippen LogP contribution < -0.4 is 5.32 Å². The fourth-order valence-electron chi connectivity index (χ4n) is 1.72. The maximum Gasteiger partial charge on any atom is 0.451 e. The largest absolute Gasteiger partial charge is 0.451 e. The lowest BCUT2D eigenvalue weighted by atomic mass is 10.3. The van der Waals surface area contributed by atoms with Crippen LogP contribution in [0, 0.1) is 0 Å². The van der Waals surface area contributed by atoms with Crippen LogP contribution in [0.3, 0.4) is 0 Å². The Morgan fingerprint density at radius 1 is 1.29 bits per heavy atom. The molecule has 0 aliphatic carbocycles. The number of hydrogen-bond donors (Lipinski definition) is 2. The molecular weight excluding hydrogens is 295 g/mol. The van der Waals surface area contributed by atoms with Crippen LogP contribution in [-0.4, -0.2) is 44.3 Å². The van der Waals surface area contributed by atoms with Crippen molar-refractivity contribution < 1.29 is 27.6 Å². The molecule has 1 aliphatic rings. The molecule has 0 aromatic carbocycles. The van der Waals surface area contributed by atoms with Gasteiger partial charge in [0, 0.05) is 25.8 Å². The van der Waals surface area contributed by atoms with Crippen molar-refractivity contribution in [2.45, 2.75) is 25.4 Å². The first kappa shape index (κ1) is 14.9. The van der Waals surface area contributed by atoms with Crippen molar-refractivity contribution >= 4 is 23.7 Å². The second-order valence-corrected chi connectivity index (χ2v) is 4.24. The lowest BCUT2D eigenvalue weighted by molar-refractivity contribution is -0.145. The number of aromatic nitrogens is 3. The smallest absolute Gasteiger partial charge is 0.293 e. The molecule has 0 atom stereocenters. The van der Waals surface area contributed by atoms with Gasteiger partial charge in [0.05, 0.1) is 0 Å². The van der Waals surface area contributed by atoms with Crippen molar-refractivity contribution in [1.29, 1.82) is 0 Å². The van der Waals surface area contributed by atoms with Gasteiger partial charge in [-0.1, -0.05) is 0 Å². The minimum absolute atomic E-state index is 0.107. The van der Waals surface area contributed by atoms with E-state index in [0.717, 1.165) is 4.90 Å². The number of carbonyl (C=O) groups is 3. The van der Waals surface area contributed by atoms with E-state index in [-0.39, 0.29) is 37.6 Å². The number of amides is 3. The predicted molar refractivity (Wildman–Crippen MR) is 60.6 cm³/mol. The Hall–Kier alpha value is -2.46. The highest BCUT2D eigenvalue weighted by atomic mass is 19.4. The summed E-state index contributed by atoms with van der Waals surface area (Å²) in [5.41, 5.74) is 0. The van der Waals surface area contributed by atoms with E-state index in [0.29, 0.717) is 0 Å². The molecule has 11 heteroatoms. The van der Waals surface area contributed by atoms with Crippen LogP contribution >= 0.6 is 0 Å². The molecule has 1 aromatic rings. The summed E-state index contributed by atoms with van der Waals surface area (Å²) < 4.78 is 36.7. The fraction of sp³-hybridized carbons (Fsp3) is 0.500. The molecule has 0 bridgehead atoms. The summed E-state index contributed by atoms with van der Waals surface area (Å²) in [6.07, 6.45) is -4.72. The zero-order chi connectivity index (χ0) is 15.6. The minimum Gasteiger partial charge on any atom is -0.293 e. The van der Waals surface area contributed by atoms with Gasteiger partial charge in [0.1, 0.15) is 0 Å². The molecule has 8 nitrogen and oxygen atoms in total. The summed E-state index contributed by atoms with van der Waals surface area (Å²) in [4.78, 5) is 38.1. The first-order valence-electron chi connectivity index (χ1n) is 5.90. The summed E-state index contributed by atoms with van der Waals surface area (Å²) in [7, 11) is 0. The van der Waals surface area contributed by atoms with E-state index in [1.807, 2.05) is 5.32 Å². The number of alkyl halides is 3. The number of H-pyrrole nitrogens is 1. The van der Waals surface area contributed by atoms with Crippen LogP contribution in [0.2, 0.25) is 0 Å². The van der Waals surface area contributed by atoms with Crippen LogP contribution in [0.15, 0.2) is 0 Å². The molecule has 2 N–H and O–H groups in total. The van der Waals surface area contributed by atoms with Crippen molar-refractivity contribution in [3.8, 4) is 0 Å². The van der Waals surface area contributed by atoms with E-state index in [1.54, 1.807) is 5.10 Å². The maximum atomic E-state index is 12.2. The minimum atomic E-state index is -4.69. The van der Waals surface area contributed by atoms with Gasteiger partial charge < -0.3 is 0 Å². The summed E-state index contributed by atoms with van der Waals surface area (Å²) in [5, 5.41) is 6.89. The van der Waals surface area contributed by atoms with Crippen molar-refractivity contribution in [2.24, 2.45) is 0 Å². The molecule has 0 unspecified atom stereocenters. The van der Waals surface area contributed by atoms with Crippen LogP contribution in [0.25, 0.3) is 0 Å². The van der Waals surface area contributed by atoms with Gasteiger partial charge in [-0.2, -0.15) is 18.2 Å². The third kappa shape index (κ3) is 3.55. The lowest BCUT2D eigenvalue weighted by Crippen LogP contribution is -2.32. The average molecular weight is 305 g/mol. The number of carbonyl (C=O) groups excluding carboxylic acids is 3. The van der Waals surface area contributed by atoms with Crippen molar-refractivity contribution in [3.05, 3.63) is 5.82 Å². The lowest BCUT2D eigenvalue weighted by Gasteiger charge is -2.12. The Kier molecular flexibility index (Phi) is 3.91. The summed E-state index contributed by atoms with van der Waals surface area (Å²) in [6.45, 7) is -0.125. The molecule has 114 valence electrons. The van der Waals surface area contributed by atoms with Crippen LogP contribution in [0.4, 0.5) is 19.1 Å². The topological polar surface area (TPSA) is 108 Å². The highest BCUT2D eigenvalue weighted by Gasteiger charge is 2.35. The Bertz CT molecular complexity index is 567. The molecule has 1 aliphatic heterocycles. The Labute approximate surface area is 115 Å². The molecular formula is C10H10F3N5O3. The summed E-state index contributed by atoms with van der Waals surface area (Å²) >= 11 is 0. The second-order valence-electron chi connectivity index (χ2n) is 4.24. The quantitative estimate of drug-likeness (QED) is 0.778. The maximum absolute atomic E-state index is 12.2. The number of nitrogens with zero attached hydrogens (tertiary/aromatic N) is 3. The van der Waals surface area contributed by atoms with Crippen molar-refractivity contribution in [3.63, 3.8) is 0 Å². The molecule has 0 spiro atoms. The molecule has 1 saturated heterocycles. The molecule has 2 heterocycles. The average Bonchev–Trinajstić information content (AvgIpc) is 2.95. The summed E-state index contributed by atoms with van der Waals surface area (Å²) in [5.74, 6) is -3.29. The number of imide groups is 1. The molecule has 3 amide bonds. The van der Waals surface area contributed by atoms with Crippen LogP contribution in [-0.2, 0) is 20.6 Å². The molecule has 2 rings (SSSR count). The SMILES string of the molecule is O=C(CCN1C(=O)CCC1=O)Nc1n[nH]c(C(F)(F)F)n1. The standard InChI is InChI=1S/C10H10F3N5O3/c11-10(12,13)8-15-9(17-16-8)14-5(19)3-4-18-6(20)1-2-7(18)21/h1-4H2,(H2,14,15,16,17,19). The van der Waals surface area contributed by atoms with E-state index < -0.39 is 23.9 Å². The van der Waals surface area contributed by atoms with Crippen LogP contribution in [0.5, 0.6) is 0 Å². The highest BCUT2D eigenvalue weighted by Crippen LogP contribution is 2.26. The van der Waals surface area contributed by atoms with Gasteiger partial charge in [0.15, 0.2) is 0 Å². The number of anilines is 1. The van der Waals surface area contributed by atoms with Gasteiger partial charge in [-0.25, -0.2) is 0 Å². The fourth-order valence-corrected chi connectivity index (χ4v) is 1.72. The zero-order valence-corrected chi connectivity index (χ0v) is 10.5. The van der Waals surface area contributed by atoms with Crippen LogP contribution in [0.1, 0.15) is 25.1 Å². The van der Waals surface area contributed by atoms with E-state index in [2.05, 4.69) is 10.1 Å².